The maximum absolute atomic E-state index is 6.14. The molecule has 4 nitrogen and oxygen atoms in total. The highest BCUT2D eigenvalue weighted by Gasteiger charge is 2.16. The van der Waals surface area contributed by atoms with Gasteiger partial charge in [0, 0.05) is 10.0 Å². The second-order valence-corrected chi connectivity index (χ2v) is 4.63. The summed E-state index contributed by atoms with van der Waals surface area (Å²) >= 11 is 17.7. The first-order valence-corrected chi connectivity index (χ1v) is 6.20. The van der Waals surface area contributed by atoms with Crippen molar-refractivity contribution in [2.24, 2.45) is 0 Å². The fourth-order valence-corrected chi connectivity index (χ4v) is 2.32. The van der Waals surface area contributed by atoms with Crippen molar-refractivity contribution in [2.75, 3.05) is 0 Å². The van der Waals surface area contributed by atoms with Crippen LogP contribution in [0.5, 0.6) is 0 Å². The molecule has 0 saturated heterocycles. The van der Waals surface area contributed by atoms with E-state index < -0.39 is 0 Å². The Morgan fingerprint density at radius 3 is 2.76 bits per heavy atom. The molecule has 90 valence electrons. The predicted octanol–water partition coefficient (Wildman–Crippen LogP) is 3.33. The van der Waals surface area contributed by atoms with Crippen LogP contribution >= 0.6 is 34.8 Å². The molecule has 1 atom stereocenters. The Labute approximate surface area is 113 Å². The van der Waals surface area contributed by atoms with Gasteiger partial charge in [-0.25, -0.2) is 4.68 Å². The summed E-state index contributed by atoms with van der Waals surface area (Å²) in [5, 5.41) is 12.5. The SMILES string of the molecule is CC(c1ccc(Cl)cc1Cl)n1nnnc1CCl. The fourth-order valence-electron chi connectivity index (χ4n) is 1.57. The lowest BCUT2D eigenvalue weighted by atomic mass is 10.1. The maximum Gasteiger partial charge on any atom is 0.166 e. The van der Waals surface area contributed by atoms with E-state index in [-0.39, 0.29) is 11.9 Å². The zero-order valence-corrected chi connectivity index (χ0v) is 11.2. The van der Waals surface area contributed by atoms with Crippen LogP contribution in [0.2, 0.25) is 10.0 Å². The largest absolute Gasteiger partial charge is 0.221 e. The van der Waals surface area contributed by atoms with Gasteiger partial charge >= 0.3 is 0 Å². The Morgan fingerprint density at radius 2 is 2.12 bits per heavy atom. The van der Waals surface area contributed by atoms with E-state index in [1.807, 2.05) is 13.0 Å². The first-order valence-electron chi connectivity index (χ1n) is 4.91. The number of hydrogen-bond acceptors (Lipinski definition) is 3. The van der Waals surface area contributed by atoms with Crippen LogP contribution < -0.4 is 0 Å². The normalized spacial score (nSPS) is 12.7. The van der Waals surface area contributed by atoms with Gasteiger partial charge in [-0.15, -0.1) is 16.7 Å². The lowest BCUT2D eigenvalue weighted by Gasteiger charge is -2.14. The third-order valence-corrected chi connectivity index (χ3v) is 3.26. The molecule has 1 aromatic heterocycles. The van der Waals surface area contributed by atoms with E-state index in [2.05, 4.69) is 15.5 Å². The molecule has 2 rings (SSSR count). The fraction of sp³-hybridized carbons (Fsp3) is 0.300. The summed E-state index contributed by atoms with van der Waals surface area (Å²) < 4.78 is 1.64. The number of nitrogens with zero attached hydrogens (tertiary/aromatic N) is 4. The topological polar surface area (TPSA) is 43.6 Å². The Hall–Kier alpha value is -0.840. The van der Waals surface area contributed by atoms with Gasteiger partial charge in [0.25, 0.3) is 0 Å². The molecule has 0 bridgehead atoms. The van der Waals surface area contributed by atoms with Crippen LogP contribution in [0.25, 0.3) is 0 Å². The number of tetrazole rings is 1. The standard InChI is InChI=1S/C10H9Cl3N4/c1-6(17-10(5-11)14-15-16-17)8-3-2-7(12)4-9(8)13/h2-4,6H,5H2,1H3. The average molecular weight is 292 g/mol. The minimum absolute atomic E-state index is 0.0940. The van der Waals surface area contributed by atoms with Crippen molar-refractivity contribution in [3.05, 3.63) is 39.6 Å². The monoisotopic (exact) mass is 290 g/mol. The summed E-state index contributed by atoms with van der Waals surface area (Å²) in [6.07, 6.45) is 0. The predicted molar refractivity (Wildman–Crippen MR) is 67.6 cm³/mol. The van der Waals surface area contributed by atoms with Gasteiger partial charge in [-0.3, -0.25) is 0 Å². The van der Waals surface area contributed by atoms with E-state index in [1.165, 1.54) is 0 Å². The van der Waals surface area contributed by atoms with Crippen molar-refractivity contribution in [3.8, 4) is 0 Å². The van der Waals surface area contributed by atoms with Crippen LogP contribution in [0.15, 0.2) is 18.2 Å². The second kappa shape index (κ2) is 5.21. The Bertz CT molecular complexity index is 526. The van der Waals surface area contributed by atoms with E-state index in [1.54, 1.807) is 16.8 Å². The lowest BCUT2D eigenvalue weighted by Crippen LogP contribution is -2.12. The highest BCUT2D eigenvalue weighted by Crippen LogP contribution is 2.28. The molecule has 1 aromatic carbocycles. The first kappa shape index (κ1) is 12.6. The third-order valence-electron chi connectivity index (χ3n) is 2.46. The van der Waals surface area contributed by atoms with Crippen LogP contribution in [-0.2, 0) is 5.88 Å². The summed E-state index contributed by atoms with van der Waals surface area (Å²) in [5.41, 5.74) is 0.898. The van der Waals surface area contributed by atoms with Crippen LogP contribution in [0.1, 0.15) is 24.4 Å². The third kappa shape index (κ3) is 2.54. The number of alkyl halides is 1. The molecule has 1 heterocycles. The molecule has 0 amide bonds. The van der Waals surface area contributed by atoms with E-state index in [9.17, 15) is 0 Å². The molecule has 0 saturated carbocycles. The quantitative estimate of drug-likeness (QED) is 0.815. The zero-order valence-electron chi connectivity index (χ0n) is 8.94. The smallest absolute Gasteiger partial charge is 0.166 e. The molecule has 17 heavy (non-hydrogen) atoms. The molecule has 7 heteroatoms. The van der Waals surface area contributed by atoms with Gasteiger partial charge in [0.1, 0.15) is 0 Å². The van der Waals surface area contributed by atoms with Crippen molar-refractivity contribution < 1.29 is 0 Å². The summed E-state index contributed by atoms with van der Waals surface area (Å²) in [4.78, 5) is 0. The van der Waals surface area contributed by atoms with Crippen LogP contribution in [-0.4, -0.2) is 20.2 Å². The molecule has 0 spiro atoms. The van der Waals surface area contributed by atoms with Gasteiger partial charge in [-0.2, -0.15) is 0 Å². The first-order chi connectivity index (χ1) is 8.13. The van der Waals surface area contributed by atoms with Crippen molar-refractivity contribution in [3.63, 3.8) is 0 Å². The van der Waals surface area contributed by atoms with Crippen molar-refractivity contribution in [1.29, 1.82) is 0 Å². The number of halogens is 3. The minimum atomic E-state index is -0.0940. The molecule has 0 radical (unpaired) electrons. The van der Waals surface area contributed by atoms with Gasteiger partial charge in [-0.1, -0.05) is 29.3 Å². The summed E-state index contributed by atoms with van der Waals surface area (Å²) in [5.74, 6) is 0.855. The minimum Gasteiger partial charge on any atom is -0.221 e. The van der Waals surface area contributed by atoms with Gasteiger partial charge in [0.05, 0.1) is 11.9 Å². The molecule has 0 fully saturated rings. The van der Waals surface area contributed by atoms with Crippen molar-refractivity contribution in [1.82, 2.24) is 20.2 Å². The van der Waals surface area contributed by atoms with E-state index in [0.717, 1.165) is 5.56 Å². The van der Waals surface area contributed by atoms with Gasteiger partial charge in [0.15, 0.2) is 5.82 Å². The summed E-state index contributed by atoms with van der Waals surface area (Å²) in [7, 11) is 0. The number of aromatic nitrogens is 4. The van der Waals surface area contributed by atoms with Gasteiger partial charge in [0.2, 0.25) is 0 Å². The molecule has 0 aliphatic carbocycles. The molecule has 0 aliphatic heterocycles. The molecular weight excluding hydrogens is 282 g/mol. The number of hydrogen-bond donors (Lipinski definition) is 0. The van der Waals surface area contributed by atoms with Crippen molar-refractivity contribution in [2.45, 2.75) is 18.8 Å². The Morgan fingerprint density at radius 1 is 1.35 bits per heavy atom. The summed E-state index contributed by atoms with van der Waals surface area (Å²) in [6, 6.07) is 5.24. The average Bonchev–Trinajstić information content (AvgIpc) is 2.76. The Balaban J connectivity index is 2.40. The van der Waals surface area contributed by atoms with Gasteiger partial charge in [-0.05, 0) is 35.0 Å². The highest BCUT2D eigenvalue weighted by atomic mass is 35.5. The molecule has 0 aliphatic rings. The molecular formula is C10H9Cl3N4. The van der Waals surface area contributed by atoms with Crippen LogP contribution in [0.4, 0.5) is 0 Å². The lowest BCUT2D eigenvalue weighted by molar-refractivity contribution is 0.529. The van der Waals surface area contributed by atoms with Crippen LogP contribution in [0, 0.1) is 0 Å². The van der Waals surface area contributed by atoms with E-state index in [0.29, 0.717) is 15.9 Å². The summed E-state index contributed by atoms with van der Waals surface area (Å²) in [6.45, 7) is 1.95. The molecule has 0 N–H and O–H groups in total. The van der Waals surface area contributed by atoms with E-state index in [4.69, 9.17) is 34.8 Å². The van der Waals surface area contributed by atoms with Crippen molar-refractivity contribution >= 4 is 34.8 Å². The maximum atomic E-state index is 6.14. The van der Waals surface area contributed by atoms with E-state index >= 15 is 0 Å². The number of benzene rings is 1. The van der Waals surface area contributed by atoms with Gasteiger partial charge < -0.3 is 0 Å². The Kier molecular flexibility index (Phi) is 3.86. The molecule has 2 aromatic rings. The highest BCUT2D eigenvalue weighted by molar-refractivity contribution is 6.35. The zero-order chi connectivity index (χ0) is 12.4. The second-order valence-electron chi connectivity index (χ2n) is 3.52. The molecule has 1 unspecified atom stereocenters. The van der Waals surface area contributed by atoms with Crippen LogP contribution in [0.3, 0.4) is 0 Å². The number of rotatable bonds is 3.